The number of ether oxygens (including phenoxy) is 2. The van der Waals surface area contributed by atoms with Crippen LogP contribution in [0.5, 0.6) is 0 Å². The van der Waals surface area contributed by atoms with Crippen LogP contribution in [0.2, 0.25) is 5.32 Å². The van der Waals surface area contributed by atoms with E-state index in [0.29, 0.717) is 6.42 Å². The summed E-state index contributed by atoms with van der Waals surface area (Å²) in [6.45, 7) is 24.4. The first kappa shape index (κ1) is 49.4. The number of rotatable bonds is 7. The SMILES string of the molecule is CC(C)(C)OC(=O)N1C(CCO)CC[C@H]1C(C)(C)C.CC(C)(C)OC(=O)N1C(CC[Se]c2ccccc2[N+](=O)[O-])CC[C@H]1C(C)(C)C.O=C=O.O=C=O. The zero-order chi connectivity index (χ0) is 41.4. The van der Waals surface area contributed by atoms with E-state index in [1.807, 2.05) is 63.5 Å². The molecule has 15 heteroatoms. The van der Waals surface area contributed by atoms with Gasteiger partial charge in [-0.3, -0.25) is 0 Å². The standard InChI is InChI=1S/C21H32N2O4Se.C15H29NO3.2CO2/c1-20(2,3)18-12-11-15(22(18)19(24)27-21(4,5)6)13-14-28-17-10-8-7-9-16(17)23(25)26;1-14(2,3)12-8-7-11(9-10-17)16(12)13(18)19-15(4,5)6;2*2-1-3/h7-10,15,18H,11-14H2,1-6H3;11-12,17H,7-10H2,1-6H3;;/t15?,18-;11?,12-;;/m00../s1. The van der Waals surface area contributed by atoms with Crippen molar-refractivity contribution in [2.45, 2.75) is 162 Å². The maximum Gasteiger partial charge on any atom is 0.373 e. The van der Waals surface area contributed by atoms with E-state index in [4.69, 9.17) is 33.8 Å². The van der Waals surface area contributed by atoms with Crippen molar-refractivity contribution in [3.05, 3.63) is 34.4 Å². The van der Waals surface area contributed by atoms with Crippen molar-refractivity contribution >= 4 is 49.6 Å². The van der Waals surface area contributed by atoms with Gasteiger partial charge >= 0.3 is 193 Å². The van der Waals surface area contributed by atoms with Crippen LogP contribution in [0.3, 0.4) is 0 Å². The molecular formula is C38H61N3O11Se. The first-order valence-electron chi connectivity index (χ1n) is 17.8. The van der Waals surface area contributed by atoms with Crippen LogP contribution in [0.15, 0.2) is 24.3 Å². The summed E-state index contributed by atoms with van der Waals surface area (Å²) in [4.78, 5) is 72.6. The second kappa shape index (κ2) is 21.9. The fourth-order valence-electron chi connectivity index (χ4n) is 6.40. The van der Waals surface area contributed by atoms with Crippen molar-refractivity contribution in [3.8, 4) is 0 Å². The minimum absolute atomic E-state index is 0.00306. The number of aliphatic hydroxyl groups excluding tert-OH is 1. The molecule has 0 bridgehead atoms. The molecule has 4 atom stereocenters. The van der Waals surface area contributed by atoms with Gasteiger partial charge in [0.15, 0.2) is 0 Å². The van der Waals surface area contributed by atoms with Gasteiger partial charge in [0.05, 0.1) is 0 Å². The van der Waals surface area contributed by atoms with Gasteiger partial charge in [0.25, 0.3) is 0 Å². The van der Waals surface area contributed by atoms with E-state index in [-0.39, 0.29) is 91.7 Å². The third-order valence-corrected chi connectivity index (χ3v) is 10.7. The van der Waals surface area contributed by atoms with E-state index in [9.17, 15) is 19.7 Å². The average Bonchev–Trinajstić information content (AvgIpc) is 3.62. The van der Waals surface area contributed by atoms with Crippen molar-refractivity contribution in [1.82, 2.24) is 9.80 Å². The maximum atomic E-state index is 12.9. The van der Waals surface area contributed by atoms with Gasteiger partial charge in [-0.25, -0.2) is 4.79 Å². The van der Waals surface area contributed by atoms with Gasteiger partial charge in [-0.15, -0.1) is 0 Å². The summed E-state index contributed by atoms with van der Waals surface area (Å²) in [5, 5.41) is 21.2. The quantitative estimate of drug-likeness (QED) is 0.178. The Balaban J connectivity index is 0.000000935. The summed E-state index contributed by atoms with van der Waals surface area (Å²) in [7, 11) is 0. The average molecular weight is 815 g/mol. The summed E-state index contributed by atoms with van der Waals surface area (Å²) in [5.74, 6) is 0. The zero-order valence-corrected chi connectivity index (χ0v) is 35.3. The number of nitro benzene ring substituents is 1. The topological polar surface area (TPSA) is 191 Å². The molecule has 14 nitrogen and oxygen atoms in total. The Morgan fingerprint density at radius 3 is 1.47 bits per heavy atom. The number of likely N-dealkylation sites (tertiary alicyclic amines) is 2. The van der Waals surface area contributed by atoms with Crippen LogP contribution in [-0.2, 0) is 28.7 Å². The minimum atomic E-state index is -0.527. The molecule has 0 saturated carbocycles. The Labute approximate surface area is 321 Å². The predicted octanol–water partition coefficient (Wildman–Crippen LogP) is 6.56. The van der Waals surface area contributed by atoms with Crippen LogP contribution in [0.1, 0.15) is 122 Å². The molecule has 2 aliphatic heterocycles. The van der Waals surface area contributed by atoms with E-state index in [0.717, 1.165) is 41.9 Å². The van der Waals surface area contributed by atoms with Crippen LogP contribution in [0.4, 0.5) is 15.3 Å². The van der Waals surface area contributed by atoms with Crippen molar-refractivity contribution in [2.75, 3.05) is 6.61 Å². The van der Waals surface area contributed by atoms with Gasteiger partial charge in [-0.1, -0.05) is 20.8 Å². The largest absolute Gasteiger partial charge is 0.373 e. The van der Waals surface area contributed by atoms with Crippen LogP contribution in [0.25, 0.3) is 0 Å². The third-order valence-electron chi connectivity index (χ3n) is 8.45. The molecule has 2 unspecified atom stereocenters. The number of benzene rings is 1. The molecule has 2 fully saturated rings. The molecular weight excluding hydrogens is 753 g/mol. The summed E-state index contributed by atoms with van der Waals surface area (Å²) >= 11 is 0.00306. The molecule has 1 N–H and O–H groups in total. The first-order chi connectivity index (χ1) is 24.3. The summed E-state index contributed by atoms with van der Waals surface area (Å²) < 4.78 is 12.0. The summed E-state index contributed by atoms with van der Waals surface area (Å²) in [6.07, 6.45) is 5.33. The second-order valence-corrected chi connectivity index (χ2v) is 19.4. The molecule has 0 aromatic heterocycles. The van der Waals surface area contributed by atoms with Gasteiger partial charge in [0.1, 0.15) is 5.60 Å². The summed E-state index contributed by atoms with van der Waals surface area (Å²) in [5.41, 5.74) is -0.797. The Morgan fingerprint density at radius 2 is 1.13 bits per heavy atom. The molecule has 300 valence electrons. The number of para-hydroxylation sites is 1. The van der Waals surface area contributed by atoms with E-state index in [1.54, 1.807) is 12.1 Å². The minimum Gasteiger partial charge on any atom is -0.186 e. The molecule has 1 aromatic carbocycles. The Kier molecular flexibility index (Phi) is 20.5. The fourth-order valence-corrected chi connectivity index (χ4v) is 8.65. The number of nitrogens with zero attached hydrogens (tertiary/aromatic N) is 3. The molecule has 2 heterocycles. The normalized spacial score (nSPS) is 19.9. The van der Waals surface area contributed by atoms with Crippen molar-refractivity contribution in [1.29, 1.82) is 0 Å². The number of nitro groups is 1. The number of carbonyl (C=O) groups is 2. The van der Waals surface area contributed by atoms with Gasteiger partial charge in [0.2, 0.25) is 0 Å². The van der Waals surface area contributed by atoms with Crippen LogP contribution in [-0.4, -0.2) is 101 Å². The number of amides is 2. The molecule has 53 heavy (non-hydrogen) atoms. The second-order valence-electron chi connectivity index (χ2n) is 17.0. The Bertz CT molecular complexity index is 1370. The van der Waals surface area contributed by atoms with Crippen LogP contribution < -0.4 is 4.46 Å². The molecule has 0 radical (unpaired) electrons. The van der Waals surface area contributed by atoms with Crippen LogP contribution >= 0.6 is 0 Å². The number of hydrogen-bond donors (Lipinski definition) is 1. The predicted molar refractivity (Wildman–Crippen MR) is 198 cm³/mol. The van der Waals surface area contributed by atoms with E-state index in [2.05, 4.69) is 41.5 Å². The number of hydrogen-bond acceptors (Lipinski definition) is 11. The van der Waals surface area contributed by atoms with E-state index >= 15 is 0 Å². The van der Waals surface area contributed by atoms with Gasteiger partial charge < -0.3 is 14.7 Å². The van der Waals surface area contributed by atoms with E-state index < -0.39 is 11.2 Å². The summed E-state index contributed by atoms with van der Waals surface area (Å²) in [6, 6.07) is 7.51. The molecule has 0 spiro atoms. The molecule has 2 saturated heterocycles. The molecule has 2 amide bonds. The van der Waals surface area contributed by atoms with Crippen molar-refractivity contribution in [2.24, 2.45) is 10.8 Å². The van der Waals surface area contributed by atoms with Gasteiger partial charge in [0, 0.05) is 18.7 Å². The Morgan fingerprint density at radius 1 is 0.755 bits per heavy atom. The molecule has 3 rings (SSSR count). The fraction of sp³-hybridized carbons (Fsp3) is 0.737. The Hall–Kier alpha value is -3.60. The van der Waals surface area contributed by atoms with Crippen LogP contribution in [0, 0.1) is 20.9 Å². The monoisotopic (exact) mass is 815 g/mol. The van der Waals surface area contributed by atoms with Gasteiger partial charge in [-0.05, 0) is 45.4 Å². The first-order valence-corrected chi connectivity index (χ1v) is 19.8. The smallest absolute Gasteiger partial charge is 0.186 e. The van der Waals surface area contributed by atoms with Crippen molar-refractivity contribution < 1.29 is 48.3 Å². The third kappa shape index (κ3) is 17.9. The zero-order valence-electron chi connectivity index (χ0n) is 33.6. The molecule has 1 aromatic rings. The van der Waals surface area contributed by atoms with Crippen molar-refractivity contribution in [3.63, 3.8) is 0 Å². The molecule has 2 aliphatic rings. The number of carbonyl (C=O) groups excluding carboxylic acids is 6. The van der Waals surface area contributed by atoms with E-state index in [1.165, 1.54) is 0 Å². The maximum absolute atomic E-state index is 12.9. The molecule has 0 aliphatic carbocycles. The number of aliphatic hydroxyl groups is 1. The van der Waals surface area contributed by atoms with Gasteiger partial charge in [-0.2, -0.15) is 19.2 Å².